The van der Waals surface area contributed by atoms with E-state index in [0.29, 0.717) is 6.04 Å². The van der Waals surface area contributed by atoms with Gasteiger partial charge in [-0.05, 0) is 22.9 Å². The van der Waals surface area contributed by atoms with Crippen molar-refractivity contribution in [3.8, 4) is 0 Å². The molecule has 0 bridgehead atoms. The number of rotatable bonds is 5. The molecule has 0 aliphatic rings. The fraction of sp³-hybridized carbons (Fsp3) is 0.214. The maximum Gasteiger partial charge on any atom is 0.0731 e. The van der Waals surface area contributed by atoms with Gasteiger partial charge in [-0.25, -0.2) is 0 Å². The lowest BCUT2D eigenvalue weighted by atomic mass is 10.1. The highest BCUT2D eigenvalue weighted by Crippen LogP contribution is 2.28. The highest BCUT2D eigenvalue weighted by atomic mass is 32.1. The van der Waals surface area contributed by atoms with E-state index in [4.69, 9.17) is 0 Å². The highest BCUT2D eigenvalue weighted by molar-refractivity contribution is 7.10. The van der Waals surface area contributed by atoms with Gasteiger partial charge in [0.2, 0.25) is 0 Å². The van der Waals surface area contributed by atoms with Crippen LogP contribution in [0.2, 0.25) is 0 Å². The summed E-state index contributed by atoms with van der Waals surface area (Å²) in [6.07, 6.45) is 4.89. The third-order valence-electron chi connectivity index (χ3n) is 2.92. The predicted molar refractivity (Wildman–Crippen MR) is 81.9 cm³/mol. The van der Waals surface area contributed by atoms with Crippen LogP contribution in [0.3, 0.4) is 0 Å². The van der Waals surface area contributed by atoms with Crippen molar-refractivity contribution in [2.75, 3.05) is 5.32 Å². The first-order chi connectivity index (χ1) is 9.31. The molecule has 0 saturated heterocycles. The van der Waals surface area contributed by atoms with E-state index in [9.17, 15) is 0 Å². The normalized spacial score (nSPS) is 12.5. The van der Waals surface area contributed by atoms with Crippen LogP contribution < -0.4 is 5.32 Å². The first-order valence-electron chi connectivity index (χ1n) is 6.12. The highest BCUT2D eigenvalue weighted by Gasteiger charge is 2.14. The predicted octanol–water partition coefficient (Wildman–Crippen LogP) is 3.94. The number of thiophene rings is 2. The zero-order valence-electron chi connectivity index (χ0n) is 10.6. The number of nitrogens with one attached hydrogen (secondary N) is 1. The van der Waals surface area contributed by atoms with Crippen LogP contribution in [0.1, 0.15) is 15.8 Å². The number of aryl methyl sites for hydroxylation is 1. The fourth-order valence-electron chi connectivity index (χ4n) is 2.04. The standard InChI is InChI=1S/C14H15N3S2/c1-17-10-11(9-15-17)16-13(14-5-3-7-19-14)8-12-4-2-6-18-12/h2-7,9-10,13,16H,8H2,1H3. The van der Waals surface area contributed by atoms with Crippen molar-refractivity contribution in [2.45, 2.75) is 12.5 Å². The molecule has 3 aromatic heterocycles. The molecule has 0 aliphatic heterocycles. The van der Waals surface area contributed by atoms with Gasteiger partial charge in [0.1, 0.15) is 0 Å². The second kappa shape index (κ2) is 5.59. The molecule has 3 heterocycles. The van der Waals surface area contributed by atoms with Crippen LogP contribution in [0.5, 0.6) is 0 Å². The van der Waals surface area contributed by atoms with Crippen LogP contribution in [0.4, 0.5) is 5.69 Å². The molecule has 3 aromatic rings. The van der Waals surface area contributed by atoms with E-state index in [0.717, 1.165) is 12.1 Å². The molecule has 3 nitrogen and oxygen atoms in total. The summed E-state index contributed by atoms with van der Waals surface area (Å²) in [7, 11) is 1.94. The molecule has 1 atom stereocenters. The molecule has 0 saturated carbocycles. The molecule has 3 rings (SSSR count). The van der Waals surface area contributed by atoms with Gasteiger partial charge in [-0.3, -0.25) is 4.68 Å². The Labute approximate surface area is 120 Å². The second-order valence-electron chi connectivity index (χ2n) is 4.40. The molecule has 0 radical (unpaired) electrons. The Bertz CT molecular complexity index is 611. The SMILES string of the molecule is Cn1cc(NC(Cc2cccs2)c2cccs2)cn1. The van der Waals surface area contributed by atoms with E-state index in [2.05, 4.69) is 45.4 Å². The van der Waals surface area contributed by atoms with Crippen LogP contribution in [-0.2, 0) is 13.5 Å². The van der Waals surface area contributed by atoms with Crippen molar-refractivity contribution >= 4 is 28.4 Å². The summed E-state index contributed by atoms with van der Waals surface area (Å²) in [5, 5.41) is 12.0. The summed E-state index contributed by atoms with van der Waals surface area (Å²) in [5.74, 6) is 0. The van der Waals surface area contributed by atoms with Crippen molar-refractivity contribution in [3.63, 3.8) is 0 Å². The Hall–Kier alpha value is -1.59. The number of anilines is 1. The fourth-order valence-corrected chi connectivity index (χ4v) is 3.57. The molecule has 0 amide bonds. The number of nitrogens with zero attached hydrogens (tertiary/aromatic N) is 2. The third-order valence-corrected chi connectivity index (χ3v) is 4.80. The van der Waals surface area contributed by atoms with E-state index < -0.39 is 0 Å². The van der Waals surface area contributed by atoms with Crippen LogP contribution >= 0.6 is 22.7 Å². The smallest absolute Gasteiger partial charge is 0.0731 e. The van der Waals surface area contributed by atoms with Crippen molar-refractivity contribution in [3.05, 3.63) is 57.2 Å². The minimum Gasteiger partial charge on any atom is -0.375 e. The van der Waals surface area contributed by atoms with Crippen LogP contribution in [0.15, 0.2) is 47.4 Å². The first kappa shape index (κ1) is 12.4. The lowest BCUT2D eigenvalue weighted by molar-refractivity contribution is 0.766. The minimum atomic E-state index is 0.308. The average Bonchev–Trinajstić information content (AvgIpc) is 3.10. The molecule has 0 spiro atoms. The van der Waals surface area contributed by atoms with Gasteiger partial charge in [0.25, 0.3) is 0 Å². The average molecular weight is 289 g/mol. The van der Waals surface area contributed by atoms with E-state index in [-0.39, 0.29) is 0 Å². The van der Waals surface area contributed by atoms with Gasteiger partial charge in [-0.1, -0.05) is 12.1 Å². The Balaban J connectivity index is 1.80. The molecular formula is C14H15N3S2. The third kappa shape index (κ3) is 3.05. The van der Waals surface area contributed by atoms with E-state index in [1.54, 1.807) is 11.3 Å². The number of hydrogen-bond donors (Lipinski definition) is 1. The molecule has 1 N–H and O–H groups in total. The maximum absolute atomic E-state index is 4.21. The van der Waals surface area contributed by atoms with Gasteiger partial charge < -0.3 is 5.32 Å². The molecule has 0 fully saturated rings. The Morgan fingerprint density at radius 1 is 1.26 bits per heavy atom. The summed E-state index contributed by atoms with van der Waals surface area (Å²) in [5.41, 5.74) is 1.07. The Morgan fingerprint density at radius 3 is 2.74 bits per heavy atom. The zero-order chi connectivity index (χ0) is 13.1. The van der Waals surface area contributed by atoms with E-state index in [1.165, 1.54) is 9.75 Å². The summed E-state index contributed by atoms with van der Waals surface area (Å²) >= 11 is 3.60. The topological polar surface area (TPSA) is 29.9 Å². The largest absolute Gasteiger partial charge is 0.375 e. The molecule has 19 heavy (non-hydrogen) atoms. The lowest BCUT2D eigenvalue weighted by Crippen LogP contribution is -2.11. The first-order valence-corrected chi connectivity index (χ1v) is 7.88. The van der Waals surface area contributed by atoms with Crippen molar-refractivity contribution in [1.82, 2.24) is 9.78 Å². The van der Waals surface area contributed by atoms with Gasteiger partial charge in [-0.2, -0.15) is 5.10 Å². The second-order valence-corrected chi connectivity index (χ2v) is 6.41. The van der Waals surface area contributed by atoms with Gasteiger partial charge >= 0.3 is 0 Å². The van der Waals surface area contributed by atoms with Gasteiger partial charge in [0, 0.05) is 29.4 Å². The van der Waals surface area contributed by atoms with Crippen molar-refractivity contribution in [1.29, 1.82) is 0 Å². The van der Waals surface area contributed by atoms with E-state index in [1.807, 2.05) is 35.5 Å². The van der Waals surface area contributed by atoms with Gasteiger partial charge in [0.15, 0.2) is 0 Å². The van der Waals surface area contributed by atoms with Gasteiger partial charge in [0.05, 0.1) is 17.9 Å². The Morgan fingerprint density at radius 2 is 2.11 bits per heavy atom. The molecular weight excluding hydrogens is 274 g/mol. The molecule has 98 valence electrons. The Kier molecular flexibility index (Phi) is 3.66. The summed E-state index contributed by atoms with van der Waals surface area (Å²) < 4.78 is 1.82. The van der Waals surface area contributed by atoms with Crippen LogP contribution in [0, 0.1) is 0 Å². The van der Waals surface area contributed by atoms with Gasteiger partial charge in [-0.15, -0.1) is 22.7 Å². The molecule has 1 unspecified atom stereocenters. The van der Waals surface area contributed by atoms with Crippen LogP contribution in [-0.4, -0.2) is 9.78 Å². The molecule has 0 aromatic carbocycles. The monoisotopic (exact) mass is 289 g/mol. The summed E-state index contributed by atoms with van der Waals surface area (Å²) in [6.45, 7) is 0. The lowest BCUT2D eigenvalue weighted by Gasteiger charge is -2.16. The maximum atomic E-state index is 4.21. The molecule has 0 aliphatic carbocycles. The van der Waals surface area contributed by atoms with Crippen molar-refractivity contribution in [2.24, 2.45) is 7.05 Å². The van der Waals surface area contributed by atoms with Crippen LogP contribution in [0.25, 0.3) is 0 Å². The number of hydrogen-bond acceptors (Lipinski definition) is 4. The zero-order valence-corrected chi connectivity index (χ0v) is 12.2. The van der Waals surface area contributed by atoms with E-state index >= 15 is 0 Å². The summed E-state index contributed by atoms with van der Waals surface area (Å²) in [6, 6.07) is 8.90. The summed E-state index contributed by atoms with van der Waals surface area (Å²) in [4.78, 5) is 2.76. The number of aromatic nitrogens is 2. The molecule has 5 heteroatoms. The minimum absolute atomic E-state index is 0.308. The van der Waals surface area contributed by atoms with Crippen molar-refractivity contribution < 1.29 is 0 Å². The quantitative estimate of drug-likeness (QED) is 0.771.